The molecule has 0 atom stereocenters. The highest BCUT2D eigenvalue weighted by Crippen LogP contribution is 2.39. The van der Waals surface area contributed by atoms with Crippen molar-refractivity contribution in [2.45, 2.75) is 25.2 Å². The molecular formula is C22H20N4O3S2. The van der Waals surface area contributed by atoms with E-state index in [1.807, 2.05) is 37.3 Å². The Hall–Kier alpha value is -3.04. The zero-order valence-electron chi connectivity index (χ0n) is 17.0. The van der Waals surface area contributed by atoms with Crippen LogP contribution in [0.4, 0.5) is 5.82 Å². The first-order chi connectivity index (χ1) is 15.1. The number of amides is 1. The molecule has 0 spiro atoms. The summed E-state index contributed by atoms with van der Waals surface area (Å²) in [5.41, 5.74) is 2.57. The lowest BCUT2D eigenvalue weighted by molar-refractivity contribution is -0.115. The van der Waals surface area contributed by atoms with Gasteiger partial charge in [-0.3, -0.25) is 4.79 Å². The van der Waals surface area contributed by atoms with Gasteiger partial charge in [0, 0.05) is 23.1 Å². The number of nitrogens with zero attached hydrogens (tertiary/aromatic N) is 3. The van der Waals surface area contributed by atoms with Crippen LogP contribution in [0.1, 0.15) is 18.2 Å². The van der Waals surface area contributed by atoms with Crippen molar-refractivity contribution in [1.29, 1.82) is 0 Å². The maximum atomic E-state index is 12.7. The van der Waals surface area contributed by atoms with Crippen molar-refractivity contribution in [3.63, 3.8) is 0 Å². The van der Waals surface area contributed by atoms with E-state index in [1.165, 1.54) is 16.2 Å². The molecule has 4 aromatic rings. The average Bonchev–Trinajstić information content (AvgIpc) is 3.45. The van der Waals surface area contributed by atoms with E-state index < -0.39 is 0 Å². The molecule has 158 valence electrons. The second-order valence-corrected chi connectivity index (χ2v) is 9.40. The Morgan fingerprint density at radius 1 is 1.19 bits per heavy atom. The molecule has 2 aromatic heterocycles. The number of nitrogens with one attached hydrogen (secondary N) is 1. The van der Waals surface area contributed by atoms with Crippen LogP contribution in [0.5, 0.6) is 11.5 Å². The summed E-state index contributed by atoms with van der Waals surface area (Å²) in [7, 11) is 0. The first-order valence-corrected chi connectivity index (χ1v) is 11.7. The Labute approximate surface area is 187 Å². The van der Waals surface area contributed by atoms with E-state index in [0.717, 1.165) is 33.0 Å². The van der Waals surface area contributed by atoms with Crippen LogP contribution in [0, 0.1) is 6.92 Å². The summed E-state index contributed by atoms with van der Waals surface area (Å²) in [6.07, 6.45) is 0.294. The van der Waals surface area contributed by atoms with Crippen molar-refractivity contribution >= 4 is 45.0 Å². The van der Waals surface area contributed by atoms with Gasteiger partial charge in [-0.25, -0.2) is 4.98 Å². The van der Waals surface area contributed by atoms with Crippen LogP contribution in [-0.2, 0) is 11.2 Å². The fraction of sp³-hybridized carbons (Fsp3) is 0.227. The van der Waals surface area contributed by atoms with Gasteiger partial charge < -0.3 is 14.8 Å². The molecule has 0 unspecified atom stereocenters. The minimum atomic E-state index is -0.0982. The summed E-state index contributed by atoms with van der Waals surface area (Å²) in [4.78, 5) is 18.6. The van der Waals surface area contributed by atoms with Gasteiger partial charge in [-0.1, -0.05) is 30.4 Å². The molecule has 0 radical (unpaired) electrons. The average molecular weight is 453 g/mol. The number of carbonyl (C=O) groups excluding carboxylic acids is 1. The molecule has 1 amide bonds. The smallest absolute Gasteiger partial charge is 0.231 e. The summed E-state index contributed by atoms with van der Waals surface area (Å²) < 4.78 is 13.5. The van der Waals surface area contributed by atoms with E-state index in [0.29, 0.717) is 23.1 Å². The Morgan fingerprint density at radius 3 is 2.74 bits per heavy atom. The van der Waals surface area contributed by atoms with E-state index in [4.69, 9.17) is 9.47 Å². The van der Waals surface area contributed by atoms with Crippen LogP contribution < -0.4 is 14.8 Å². The molecule has 0 bridgehead atoms. The second kappa shape index (κ2) is 8.24. The van der Waals surface area contributed by atoms with Gasteiger partial charge in [-0.15, -0.1) is 11.8 Å². The first kappa shape index (κ1) is 19.9. The van der Waals surface area contributed by atoms with Crippen LogP contribution in [0.2, 0.25) is 0 Å². The maximum Gasteiger partial charge on any atom is 0.231 e. The number of fused-ring (bicyclic) bond motifs is 2. The van der Waals surface area contributed by atoms with Gasteiger partial charge in [-0.2, -0.15) is 9.78 Å². The van der Waals surface area contributed by atoms with Crippen molar-refractivity contribution in [2.75, 3.05) is 17.9 Å². The molecule has 9 heteroatoms. The molecule has 5 rings (SSSR count). The lowest BCUT2D eigenvalue weighted by Crippen LogP contribution is -2.17. The van der Waals surface area contributed by atoms with Crippen molar-refractivity contribution in [2.24, 2.45) is 0 Å². The number of hydrogen-bond acceptors (Lipinski definition) is 7. The summed E-state index contributed by atoms with van der Waals surface area (Å²) in [6, 6.07) is 13.7. The summed E-state index contributed by atoms with van der Waals surface area (Å²) in [5.74, 6) is 2.94. The summed E-state index contributed by atoms with van der Waals surface area (Å²) in [5, 5.41) is 8.18. The Morgan fingerprint density at radius 2 is 1.97 bits per heavy atom. The molecule has 7 nitrogen and oxygen atoms in total. The highest BCUT2D eigenvalue weighted by molar-refractivity contribution is 7.99. The minimum Gasteiger partial charge on any atom is -0.454 e. The Balaban J connectivity index is 1.36. The molecule has 31 heavy (non-hydrogen) atoms. The van der Waals surface area contributed by atoms with Gasteiger partial charge >= 0.3 is 0 Å². The number of aryl methyl sites for hydroxylation is 1. The number of hydrogen-bond donors (Lipinski definition) is 1. The lowest BCUT2D eigenvalue weighted by atomic mass is 10.1. The highest BCUT2D eigenvalue weighted by atomic mass is 32.2. The number of anilines is 1. The van der Waals surface area contributed by atoms with Crippen LogP contribution in [0.3, 0.4) is 0 Å². The number of rotatable bonds is 6. The van der Waals surface area contributed by atoms with Crippen molar-refractivity contribution in [3.8, 4) is 16.6 Å². The first-order valence-electron chi connectivity index (χ1n) is 9.88. The van der Waals surface area contributed by atoms with Crippen molar-refractivity contribution in [3.05, 3.63) is 53.7 Å². The fourth-order valence-electron chi connectivity index (χ4n) is 3.37. The molecule has 3 heterocycles. The van der Waals surface area contributed by atoms with E-state index in [2.05, 4.69) is 34.5 Å². The molecule has 2 aromatic carbocycles. The number of benzene rings is 2. The van der Waals surface area contributed by atoms with Crippen LogP contribution in [0.15, 0.2) is 47.4 Å². The molecule has 1 aliphatic rings. The van der Waals surface area contributed by atoms with E-state index in [1.54, 1.807) is 16.4 Å². The predicted molar refractivity (Wildman–Crippen MR) is 123 cm³/mol. The van der Waals surface area contributed by atoms with E-state index in [-0.39, 0.29) is 12.7 Å². The molecule has 0 aliphatic carbocycles. The van der Waals surface area contributed by atoms with Crippen LogP contribution in [-0.4, -0.2) is 33.2 Å². The zero-order valence-corrected chi connectivity index (χ0v) is 18.7. The zero-order chi connectivity index (χ0) is 21.4. The molecular weight excluding hydrogens is 432 g/mol. The topological polar surface area (TPSA) is 78.3 Å². The number of carbonyl (C=O) groups is 1. The maximum absolute atomic E-state index is 12.7. The number of ether oxygens (including phenoxy) is 2. The number of aromatic nitrogens is 3. The molecule has 0 fully saturated rings. The summed E-state index contributed by atoms with van der Waals surface area (Å²) in [6.45, 7) is 4.24. The third-order valence-corrected chi connectivity index (χ3v) is 6.64. The van der Waals surface area contributed by atoms with Gasteiger partial charge in [-0.05, 0) is 30.4 Å². The van der Waals surface area contributed by atoms with Crippen LogP contribution >= 0.6 is 23.1 Å². The second-order valence-electron chi connectivity index (χ2n) is 7.05. The minimum absolute atomic E-state index is 0.0982. The largest absolute Gasteiger partial charge is 0.454 e. The van der Waals surface area contributed by atoms with Gasteiger partial charge in [0.05, 0.1) is 22.3 Å². The predicted octanol–water partition coefficient (Wildman–Crippen LogP) is 4.81. The quantitative estimate of drug-likeness (QED) is 0.423. The summed E-state index contributed by atoms with van der Waals surface area (Å²) >= 11 is 3.26. The van der Waals surface area contributed by atoms with Gasteiger partial charge in [0.15, 0.2) is 11.5 Å². The molecule has 1 aliphatic heterocycles. The SMILES string of the molecule is CCSc1ccc(CC(=O)Nc2cc(C)nn2-c2nc3cc4c(cc3s2)OCO4)cc1. The molecule has 0 saturated heterocycles. The van der Waals surface area contributed by atoms with E-state index >= 15 is 0 Å². The highest BCUT2D eigenvalue weighted by Gasteiger charge is 2.19. The molecule has 0 saturated carbocycles. The monoisotopic (exact) mass is 452 g/mol. The fourth-order valence-corrected chi connectivity index (χ4v) is 4.98. The third kappa shape index (κ3) is 4.11. The Bertz CT molecular complexity index is 1220. The lowest BCUT2D eigenvalue weighted by Gasteiger charge is -2.07. The Kier molecular flexibility index (Phi) is 5.29. The number of thioether (sulfide) groups is 1. The van der Waals surface area contributed by atoms with Crippen LogP contribution in [0.25, 0.3) is 15.3 Å². The normalized spacial score (nSPS) is 12.5. The van der Waals surface area contributed by atoms with Crippen molar-refractivity contribution < 1.29 is 14.3 Å². The van der Waals surface area contributed by atoms with Gasteiger partial charge in [0.2, 0.25) is 17.8 Å². The standard InChI is InChI=1S/C22H20N4O3S2/c1-3-30-15-6-4-14(5-7-15)9-21(27)24-20-8-13(2)25-26(20)22-23-16-10-17-18(29-12-28-17)11-19(16)31-22/h4-8,10-11H,3,9,12H2,1-2H3,(H,24,27). The number of thiazole rings is 1. The third-order valence-electron chi connectivity index (χ3n) is 4.75. The van der Waals surface area contributed by atoms with Gasteiger partial charge in [0.25, 0.3) is 0 Å². The van der Waals surface area contributed by atoms with E-state index in [9.17, 15) is 4.79 Å². The molecule has 1 N–H and O–H groups in total. The van der Waals surface area contributed by atoms with Gasteiger partial charge in [0.1, 0.15) is 5.82 Å². The van der Waals surface area contributed by atoms with Crippen molar-refractivity contribution in [1.82, 2.24) is 14.8 Å².